The van der Waals surface area contributed by atoms with Gasteiger partial charge in [0.2, 0.25) is 0 Å². The predicted octanol–water partition coefficient (Wildman–Crippen LogP) is 11.1. The van der Waals surface area contributed by atoms with Crippen molar-refractivity contribution in [3.05, 3.63) is 142 Å². The van der Waals surface area contributed by atoms with Crippen LogP contribution in [0.4, 0.5) is 0 Å². The maximum atomic E-state index is 10.9. The van der Waals surface area contributed by atoms with E-state index in [4.69, 9.17) is 4.42 Å². The van der Waals surface area contributed by atoms with E-state index < -0.39 is 0 Å². The van der Waals surface area contributed by atoms with E-state index in [1.54, 1.807) is 24.3 Å². The molecule has 7 nitrogen and oxygen atoms in total. The van der Waals surface area contributed by atoms with Crippen molar-refractivity contribution >= 4 is 55.9 Å². The number of hydrogen-bond donors (Lipinski definition) is 0. The number of aryl methyl sites for hydroxylation is 1. The summed E-state index contributed by atoms with van der Waals surface area (Å²) in [6, 6.07) is 36.6. The van der Waals surface area contributed by atoms with Crippen molar-refractivity contribution in [2.24, 2.45) is 0 Å². The lowest BCUT2D eigenvalue weighted by Gasteiger charge is -2.24. The number of nitrogens with zero attached hydrogens (tertiary/aromatic N) is 6. The van der Waals surface area contributed by atoms with E-state index in [0.717, 1.165) is 85.5 Å². The fraction of sp³-hybridized carbons (Fsp3) is 0.106. The van der Waals surface area contributed by atoms with Gasteiger partial charge in [0.25, 0.3) is 0 Å². The first-order chi connectivity index (χ1) is 26.5. The van der Waals surface area contributed by atoms with Crippen LogP contribution in [0.25, 0.3) is 78.4 Å². The molecule has 0 spiro atoms. The van der Waals surface area contributed by atoms with Crippen molar-refractivity contribution in [1.82, 2.24) is 9.13 Å². The van der Waals surface area contributed by atoms with Gasteiger partial charge >= 0.3 is 0 Å². The largest absolute Gasteiger partial charge is 0.456 e. The van der Waals surface area contributed by atoms with Crippen LogP contribution in [0.3, 0.4) is 0 Å². The Morgan fingerprint density at radius 2 is 1.33 bits per heavy atom. The highest BCUT2D eigenvalue weighted by Crippen LogP contribution is 2.47. The fourth-order valence-electron chi connectivity index (χ4n) is 8.93. The Morgan fingerprint density at radius 1 is 0.648 bits per heavy atom. The third-order valence-electron chi connectivity index (χ3n) is 11.1. The molecule has 0 amide bonds. The lowest BCUT2D eigenvalue weighted by atomic mass is 9.90. The number of furan rings is 1. The van der Waals surface area contributed by atoms with Crippen molar-refractivity contribution in [2.75, 3.05) is 0 Å². The van der Waals surface area contributed by atoms with Gasteiger partial charge in [-0.15, -0.1) is 0 Å². The molecule has 3 aromatic heterocycles. The van der Waals surface area contributed by atoms with Crippen LogP contribution in [0.15, 0.2) is 101 Å². The van der Waals surface area contributed by atoms with Crippen LogP contribution in [0, 0.1) is 45.3 Å². The van der Waals surface area contributed by atoms with Crippen molar-refractivity contribution in [2.45, 2.75) is 32.1 Å². The maximum Gasteiger partial charge on any atom is 0.136 e. The summed E-state index contributed by atoms with van der Waals surface area (Å²) >= 11 is 0. The monoisotopic (exact) mass is 692 g/mol. The van der Waals surface area contributed by atoms with E-state index in [2.05, 4.69) is 82.8 Å². The zero-order valence-electron chi connectivity index (χ0n) is 29.2. The molecule has 0 bridgehead atoms. The van der Waals surface area contributed by atoms with Crippen molar-refractivity contribution in [3.63, 3.8) is 0 Å². The Labute approximate surface area is 310 Å². The Hall–Kier alpha value is -7.58. The van der Waals surface area contributed by atoms with Gasteiger partial charge in [-0.2, -0.15) is 21.0 Å². The number of fused-ring (bicyclic) bond motifs is 10. The average molecular weight is 693 g/mol. The molecule has 252 valence electrons. The van der Waals surface area contributed by atoms with Gasteiger partial charge in [0.1, 0.15) is 23.3 Å². The molecule has 8 aromatic rings. The van der Waals surface area contributed by atoms with Crippen molar-refractivity contribution in [1.29, 1.82) is 21.0 Å². The van der Waals surface area contributed by atoms with E-state index >= 15 is 0 Å². The summed E-state index contributed by atoms with van der Waals surface area (Å²) < 4.78 is 10.7. The SMILES string of the molecule is CC1CC=Cc2c1n(-c1c(C#N)cc(C#N)cc1-c1cc(C#N)cc(C#N)c1-n1c3c(c4c5c(ccc41)oc1ccccc15)CCC=C3)c1ccccc21. The molecule has 0 fully saturated rings. The third-order valence-corrected chi connectivity index (χ3v) is 11.1. The van der Waals surface area contributed by atoms with Gasteiger partial charge < -0.3 is 13.6 Å². The molecular formula is C47H28N6O. The molecule has 54 heavy (non-hydrogen) atoms. The minimum atomic E-state index is 0.129. The lowest BCUT2D eigenvalue weighted by Crippen LogP contribution is -2.11. The summed E-state index contributed by atoms with van der Waals surface area (Å²) in [5, 5.41) is 46.7. The minimum absolute atomic E-state index is 0.129. The molecule has 2 aliphatic rings. The van der Waals surface area contributed by atoms with Gasteiger partial charge in [0, 0.05) is 55.5 Å². The number of hydrogen-bond acceptors (Lipinski definition) is 5. The number of benzene rings is 5. The second kappa shape index (κ2) is 11.7. The summed E-state index contributed by atoms with van der Waals surface area (Å²) in [5.41, 5.74) is 11.3. The fourth-order valence-corrected chi connectivity index (χ4v) is 8.93. The topological polar surface area (TPSA) is 118 Å². The van der Waals surface area contributed by atoms with Crippen molar-refractivity contribution in [3.8, 4) is 46.8 Å². The molecule has 1 unspecified atom stereocenters. The van der Waals surface area contributed by atoms with E-state index in [9.17, 15) is 21.0 Å². The normalized spacial score (nSPS) is 14.5. The molecule has 1 atom stereocenters. The van der Waals surface area contributed by atoms with E-state index in [-0.39, 0.29) is 5.92 Å². The lowest BCUT2D eigenvalue weighted by molar-refractivity contribution is 0.669. The second-order valence-corrected chi connectivity index (χ2v) is 14.0. The number of nitriles is 4. The maximum absolute atomic E-state index is 10.9. The van der Waals surface area contributed by atoms with Crippen LogP contribution in [0.2, 0.25) is 0 Å². The summed E-state index contributed by atoms with van der Waals surface area (Å²) in [5.74, 6) is 0.129. The Kier molecular flexibility index (Phi) is 6.77. The van der Waals surface area contributed by atoms with E-state index in [1.165, 1.54) is 0 Å². The average Bonchev–Trinajstić information content (AvgIpc) is 3.88. The highest BCUT2D eigenvalue weighted by Gasteiger charge is 2.30. The molecule has 0 saturated heterocycles. The van der Waals surface area contributed by atoms with Gasteiger partial charge in [-0.1, -0.05) is 61.5 Å². The molecule has 7 heteroatoms. The Bertz CT molecular complexity index is 3210. The van der Waals surface area contributed by atoms with Crippen LogP contribution in [-0.4, -0.2) is 9.13 Å². The standard InChI is InChI=1S/C47H28N6O/c1-27-9-8-13-33-32-10-2-5-14-38(32)53(45(27)33)47-31(26-51)20-29(24-49)22-37(47)36-21-28(23-48)19-30(25-50)46(36)52-39-15-6-3-11-34(39)43-40(52)17-18-42-44(43)35-12-4-7-16-41(35)54-42/h2,4-8,10,12-22,27H,3,9,11H2,1H3. The van der Waals surface area contributed by atoms with Crippen LogP contribution >= 0.6 is 0 Å². The predicted molar refractivity (Wildman–Crippen MR) is 211 cm³/mol. The quantitative estimate of drug-likeness (QED) is 0.183. The van der Waals surface area contributed by atoms with Crippen molar-refractivity contribution < 1.29 is 4.42 Å². The smallest absolute Gasteiger partial charge is 0.136 e. The first-order valence-electron chi connectivity index (χ1n) is 18.0. The number of allylic oxidation sites excluding steroid dienone is 2. The first-order valence-corrected chi connectivity index (χ1v) is 18.0. The highest BCUT2D eigenvalue weighted by atomic mass is 16.3. The molecule has 0 N–H and O–H groups in total. The van der Waals surface area contributed by atoms with Gasteiger partial charge in [-0.3, -0.25) is 0 Å². The van der Waals surface area contributed by atoms with Gasteiger partial charge in [0.15, 0.2) is 0 Å². The van der Waals surface area contributed by atoms with Gasteiger partial charge in [0.05, 0.1) is 56.8 Å². The second-order valence-electron chi connectivity index (χ2n) is 14.0. The number of rotatable bonds is 3. The Morgan fingerprint density at radius 3 is 2.06 bits per heavy atom. The van der Waals surface area contributed by atoms with Crippen LogP contribution in [-0.2, 0) is 6.42 Å². The number of para-hydroxylation sites is 2. The third kappa shape index (κ3) is 4.25. The van der Waals surface area contributed by atoms with Crippen LogP contribution in [0.1, 0.15) is 70.5 Å². The summed E-state index contributed by atoms with van der Waals surface area (Å²) in [6.07, 6.45) is 11.1. The molecule has 3 heterocycles. The van der Waals surface area contributed by atoms with E-state index in [0.29, 0.717) is 44.8 Å². The Balaban J connectivity index is 1.40. The molecule has 2 aliphatic carbocycles. The molecule has 5 aromatic carbocycles. The summed E-state index contributed by atoms with van der Waals surface area (Å²) in [7, 11) is 0. The van der Waals surface area contributed by atoms with E-state index in [1.807, 2.05) is 42.5 Å². The highest BCUT2D eigenvalue weighted by molar-refractivity contribution is 6.20. The first kappa shape index (κ1) is 31.2. The molecular weight excluding hydrogens is 665 g/mol. The molecule has 0 aliphatic heterocycles. The number of aromatic nitrogens is 2. The van der Waals surface area contributed by atoms with Gasteiger partial charge in [-0.25, -0.2) is 0 Å². The van der Waals surface area contributed by atoms with Gasteiger partial charge in [-0.05, 0) is 79.4 Å². The van der Waals surface area contributed by atoms with Crippen LogP contribution < -0.4 is 0 Å². The van der Waals surface area contributed by atoms with Crippen LogP contribution in [0.5, 0.6) is 0 Å². The molecule has 0 saturated carbocycles. The minimum Gasteiger partial charge on any atom is -0.456 e. The summed E-state index contributed by atoms with van der Waals surface area (Å²) in [6.45, 7) is 2.19. The molecule has 10 rings (SSSR count). The molecule has 0 radical (unpaired) electrons. The zero-order valence-corrected chi connectivity index (χ0v) is 29.2. The summed E-state index contributed by atoms with van der Waals surface area (Å²) in [4.78, 5) is 0. The zero-order chi connectivity index (χ0) is 36.7.